The quantitative estimate of drug-likeness (QED) is 0.242. The molecule has 1 aromatic heterocycles. The van der Waals surface area contributed by atoms with Gasteiger partial charge in [0.1, 0.15) is 11.6 Å². The van der Waals surface area contributed by atoms with Crippen molar-refractivity contribution < 1.29 is 18.7 Å². The first-order valence-electron chi connectivity index (χ1n) is 15.4. The average molecular weight is 573 g/mol. The Kier molecular flexibility index (Phi) is 8.63. The summed E-state index contributed by atoms with van der Waals surface area (Å²) in [5.41, 5.74) is 7.34. The zero-order valence-corrected chi connectivity index (χ0v) is 26.1. The van der Waals surface area contributed by atoms with E-state index in [1.807, 2.05) is 45.0 Å². The molecular formula is C36H45FN2O3. The van der Waals surface area contributed by atoms with Crippen LogP contribution in [0.1, 0.15) is 82.3 Å². The maximum Gasteiger partial charge on any atom is 0.310 e. The molecule has 3 aromatic rings. The number of halogens is 1. The number of carbonyl (C=O) groups is 1. The van der Waals surface area contributed by atoms with Crippen molar-refractivity contribution in [3.8, 4) is 16.9 Å². The molecular weight excluding hydrogens is 527 g/mol. The Bertz CT molecular complexity index is 1400. The molecule has 5 rings (SSSR count). The number of ether oxygens (including phenoxy) is 2. The fraction of sp³-hybridized carbons (Fsp3) is 0.500. The molecule has 1 aliphatic carbocycles. The first-order valence-corrected chi connectivity index (χ1v) is 15.4. The van der Waals surface area contributed by atoms with Gasteiger partial charge in [0.05, 0.1) is 24.8 Å². The van der Waals surface area contributed by atoms with E-state index in [-0.39, 0.29) is 29.7 Å². The Labute approximate surface area is 250 Å². The van der Waals surface area contributed by atoms with Gasteiger partial charge in [0.15, 0.2) is 0 Å². The molecule has 0 radical (unpaired) electrons. The summed E-state index contributed by atoms with van der Waals surface area (Å²) in [5, 5.41) is 0. The summed E-state index contributed by atoms with van der Waals surface area (Å²) in [6.07, 6.45) is 6.47. The third-order valence-corrected chi connectivity index (χ3v) is 9.27. The second-order valence-corrected chi connectivity index (χ2v) is 13.2. The molecule has 5 nitrogen and oxygen atoms in total. The van der Waals surface area contributed by atoms with E-state index in [2.05, 4.69) is 37.8 Å². The smallest absolute Gasteiger partial charge is 0.310 e. The van der Waals surface area contributed by atoms with Crippen LogP contribution < -0.4 is 9.64 Å². The van der Waals surface area contributed by atoms with Crippen molar-refractivity contribution >= 4 is 11.7 Å². The van der Waals surface area contributed by atoms with E-state index in [1.165, 1.54) is 44.2 Å². The third-order valence-electron chi connectivity index (χ3n) is 9.27. The lowest BCUT2D eigenvalue weighted by atomic mass is 9.63. The molecule has 2 fully saturated rings. The van der Waals surface area contributed by atoms with Gasteiger partial charge in [-0.05, 0) is 94.2 Å². The number of nitrogens with zero attached hydrogens (tertiary/aromatic N) is 2. The second-order valence-electron chi connectivity index (χ2n) is 13.2. The van der Waals surface area contributed by atoms with E-state index >= 15 is 0 Å². The van der Waals surface area contributed by atoms with Gasteiger partial charge in [-0.2, -0.15) is 0 Å². The van der Waals surface area contributed by atoms with Crippen molar-refractivity contribution in [1.82, 2.24) is 4.98 Å². The van der Waals surface area contributed by atoms with Crippen LogP contribution in [0.15, 0.2) is 48.5 Å². The van der Waals surface area contributed by atoms with Crippen molar-refractivity contribution in [2.45, 2.75) is 91.6 Å². The monoisotopic (exact) mass is 572 g/mol. The molecule has 42 heavy (non-hydrogen) atoms. The number of rotatable bonds is 9. The maximum absolute atomic E-state index is 13.4. The Morgan fingerprint density at radius 3 is 2.19 bits per heavy atom. The Morgan fingerprint density at radius 2 is 1.62 bits per heavy atom. The van der Waals surface area contributed by atoms with Gasteiger partial charge < -0.3 is 14.4 Å². The first-order chi connectivity index (χ1) is 20.0. The van der Waals surface area contributed by atoms with Gasteiger partial charge in [0.25, 0.3) is 0 Å². The van der Waals surface area contributed by atoms with Gasteiger partial charge in [0.2, 0.25) is 0 Å². The van der Waals surface area contributed by atoms with Crippen LogP contribution in [0.5, 0.6) is 5.75 Å². The molecule has 1 saturated heterocycles. The van der Waals surface area contributed by atoms with E-state index < -0.39 is 0 Å². The van der Waals surface area contributed by atoms with Gasteiger partial charge in [-0.15, -0.1) is 0 Å². The molecule has 0 amide bonds. The van der Waals surface area contributed by atoms with E-state index in [4.69, 9.17) is 14.5 Å². The van der Waals surface area contributed by atoms with Crippen molar-refractivity contribution in [2.75, 3.05) is 24.6 Å². The standard InChI is InChI=1S/C36H45FN2O3/c1-24(2)42-32(40)22-31-25(3)38-26(4)33(34(31)39-20-18-36(19-21-39)16-7-17-36)27-8-14-30(15-9-27)41-23-35(5,6)28-10-12-29(37)13-11-28/h8-15,24H,7,16-23H2,1-6H3. The topological polar surface area (TPSA) is 51.7 Å². The number of hydrogen-bond donors (Lipinski definition) is 0. The predicted molar refractivity (Wildman–Crippen MR) is 167 cm³/mol. The van der Waals surface area contributed by atoms with Crippen LogP contribution in [0.3, 0.4) is 0 Å². The Hall–Kier alpha value is -3.41. The normalized spacial score (nSPS) is 16.4. The van der Waals surface area contributed by atoms with Crippen LogP contribution >= 0.6 is 0 Å². The summed E-state index contributed by atoms with van der Waals surface area (Å²) in [4.78, 5) is 20.3. The van der Waals surface area contributed by atoms with E-state index in [9.17, 15) is 9.18 Å². The zero-order valence-electron chi connectivity index (χ0n) is 26.1. The molecule has 2 heterocycles. The molecule has 1 saturated carbocycles. The fourth-order valence-corrected chi connectivity index (χ4v) is 6.57. The molecule has 6 heteroatoms. The van der Waals surface area contributed by atoms with Crippen LogP contribution in [-0.4, -0.2) is 36.8 Å². The molecule has 0 unspecified atom stereocenters. The van der Waals surface area contributed by atoms with E-state index in [1.54, 1.807) is 0 Å². The Morgan fingerprint density at radius 1 is 0.976 bits per heavy atom. The number of aryl methyl sites for hydroxylation is 2. The minimum absolute atomic E-state index is 0.159. The van der Waals surface area contributed by atoms with Crippen LogP contribution in [-0.2, 0) is 21.4 Å². The number of piperidine rings is 1. The highest BCUT2D eigenvalue weighted by molar-refractivity contribution is 5.87. The summed E-state index contributed by atoms with van der Waals surface area (Å²) in [6.45, 7) is 14.5. The van der Waals surface area contributed by atoms with Crippen molar-refractivity contribution in [1.29, 1.82) is 0 Å². The van der Waals surface area contributed by atoms with Crippen molar-refractivity contribution in [3.05, 3.63) is 76.9 Å². The highest BCUT2D eigenvalue weighted by Crippen LogP contribution is 2.50. The van der Waals surface area contributed by atoms with Crippen LogP contribution in [0.4, 0.5) is 10.1 Å². The van der Waals surface area contributed by atoms with Crippen molar-refractivity contribution in [2.24, 2.45) is 5.41 Å². The second kappa shape index (κ2) is 12.1. The molecule has 0 atom stereocenters. The summed E-state index contributed by atoms with van der Waals surface area (Å²) in [7, 11) is 0. The lowest BCUT2D eigenvalue weighted by molar-refractivity contribution is -0.146. The summed E-state index contributed by atoms with van der Waals surface area (Å²) in [6, 6.07) is 14.8. The summed E-state index contributed by atoms with van der Waals surface area (Å²) < 4.78 is 25.2. The largest absolute Gasteiger partial charge is 0.493 e. The van der Waals surface area contributed by atoms with Crippen LogP contribution in [0.2, 0.25) is 0 Å². The number of esters is 1. The summed E-state index contributed by atoms with van der Waals surface area (Å²) >= 11 is 0. The zero-order chi connectivity index (χ0) is 30.1. The first kappa shape index (κ1) is 30.1. The molecule has 1 aliphatic heterocycles. The number of aromatic nitrogens is 1. The molecule has 1 spiro atoms. The van der Waals surface area contributed by atoms with Gasteiger partial charge >= 0.3 is 5.97 Å². The highest BCUT2D eigenvalue weighted by Gasteiger charge is 2.40. The molecule has 0 bridgehead atoms. The number of benzene rings is 2. The lowest BCUT2D eigenvalue weighted by Gasteiger charge is -2.49. The van der Waals surface area contributed by atoms with E-state index in [0.29, 0.717) is 12.0 Å². The lowest BCUT2D eigenvalue weighted by Crippen LogP contribution is -2.44. The minimum atomic E-state index is -0.275. The summed E-state index contributed by atoms with van der Waals surface area (Å²) in [5.74, 6) is 0.322. The predicted octanol–water partition coefficient (Wildman–Crippen LogP) is 8.13. The number of hydrogen-bond acceptors (Lipinski definition) is 5. The van der Waals surface area contributed by atoms with E-state index in [0.717, 1.165) is 58.2 Å². The van der Waals surface area contributed by atoms with Gasteiger partial charge in [-0.25, -0.2) is 4.39 Å². The van der Waals surface area contributed by atoms with Gasteiger partial charge in [0, 0.05) is 41.0 Å². The molecule has 224 valence electrons. The van der Waals surface area contributed by atoms with Gasteiger partial charge in [-0.3, -0.25) is 9.78 Å². The SMILES string of the molecule is Cc1nc(C)c(-c2ccc(OCC(C)(C)c3ccc(F)cc3)cc2)c(N2CCC3(CCC3)CC2)c1CC(=O)OC(C)C. The van der Waals surface area contributed by atoms with Crippen LogP contribution in [0.25, 0.3) is 11.1 Å². The maximum atomic E-state index is 13.4. The highest BCUT2D eigenvalue weighted by atomic mass is 19.1. The molecule has 2 aliphatic rings. The third kappa shape index (κ3) is 6.48. The van der Waals surface area contributed by atoms with Crippen molar-refractivity contribution in [3.63, 3.8) is 0 Å². The molecule has 2 aromatic carbocycles. The number of anilines is 1. The van der Waals surface area contributed by atoms with Crippen LogP contribution in [0, 0.1) is 25.1 Å². The number of carbonyl (C=O) groups excluding carboxylic acids is 1. The van der Waals surface area contributed by atoms with Gasteiger partial charge in [-0.1, -0.05) is 44.5 Å². The average Bonchev–Trinajstić information content (AvgIpc) is 2.93. The Balaban J connectivity index is 1.44. The fourth-order valence-electron chi connectivity index (χ4n) is 6.57. The molecule has 0 N–H and O–H groups in total. The number of pyridine rings is 1. The minimum Gasteiger partial charge on any atom is -0.493 e.